The smallest absolute Gasteiger partial charge is 0.237 e. The van der Waals surface area contributed by atoms with Gasteiger partial charge in [0.2, 0.25) is 11.1 Å². The lowest BCUT2D eigenvalue weighted by atomic mass is 10.1. The summed E-state index contributed by atoms with van der Waals surface area (Å²) in [7, 11) is 0. The first-order chi connectivity index (χ1) is 14.0. The van der Waals surface area contributed by atoms with Gasteiger partial charge in [0.15, 0.2) is 0 Å². The van der Waals surface area contributed by atoms with Crippen LogP contribution in [0, 0.1) is 31.0 Å². The highest BCUT2D eigenvalue weighted by Gasteiger charge is 2.20. The second-order valence-electron chi connectivity index (χ2n) is 6.36. The Hall–Kier alpha value is -3.25. The molecule has 0 saturated carbocycles. The zero-order valence-electron chi connectivity index (χ0n) is 16.0. The number of nitriles is 1. The average Bonchev–Trinajstić information content (AvgIpc) is 3.18. The number of benzene rings is 2. The molecule has 0 aliphatic carbocycles. The fourth-order valence-electron chi connectivity index (χ4n) is 2.78. The van der Waals surface area contributed by atoms with E-state index in [1.807, 2.05) is 38.1 Å². The van der Waals surface area contributed by atoms with Crippen molar-refractivity contribution in [3.63, 3.8) is 0 Å². The minimum Gasteiger partial charge on any atom is -0.308 e. The van der Waals surface area contributed by atoms with Crippen LogP contribution < -0.4 is 4.90 Å². The summed E-state index contributed by atoms with van der Waals surface area (Å²) in [6.07, 6.45) is 0.102. The maximum Gasteiger partial charge on any atom is 0.237 e. The van der Waals surface area contributed by atoms with Crippen LogP contribution in [0.5, 0.6) is 0 Å². The Balaban J connectivity index is 1.79. The van der Waals surface area contributed by atoms with Crippen LogP contribution in [0.25, 0.3) is 5.69 Å². The summed E-state index contributed by atoms with van der Waals surface area (Å²) >= 11 is 1.16. The van der Waals surface area contributed by atoms with Gasteiger partial charge in [0.05, 0.1) is 29.6 Å². The minimum absolute atomic E-state index is 0.00496. The molecule has 0 atom stereocenters. The predicted molar refractivity (Wildman–Crippen MR) is 108 cm³/mol. The molecule has 0 aliphatic rings. The molecule has 0 fully saturated rings. The lowest BCUT2D eigenvalue weighted by Crippen LogP contribution is -2.34. The molecule has 2 aromatic carbocycles. The van der Waals surface area contributed by atoms with Gasteiger partial charge in [0, 0.05) is 6.54 Å². The maximum absolute atomic E-state index is 14.2. The average molecular weight is 410 g/mol. The molecule has 0 saturated heterocycles. The molecule has 3 rings (SSSR count). The predicted octanol–water partition coefficient (Wildman–Crippen LogP) is 3.46. The number of carbonyl (C=O) groups excluding carboxylic acids is 1. The van der Waals surface area contributed by atoms with E-state index in [-0.39, 0.29) is 30.3 Å². The molecule has 0 spiro atoms. The third-order valence-electron chi connectivity index (χ3n) is 4.25. The van der Waals surface area contributed by atoms with E-state index in [4.69, 9.17) is 5.26 Å². The molecule has 1 aromatic heterocycles. The topological polar surface area (TPSA) is 87.7 Å². The third-order valence-corrected chi connectivity index (χ3v) is 5.15. The van der Waals surface area contributed by atoms with Crippen molar-refractivity contribution in [3.8, 4) is 11.8 Å². The standard InChI is InChI=1S/C20H19FN6OS/c1-14-8-9-15(2)18(12-14)27-20(23-24-25-27)29-13-19(28)26(11-5-10-22)17-7-4-3-6-16(17)21/h3-4,6-9,12H,5,11,13H2,1-2H3. The van der Waals surface area contributed by atoms with Gasteiger partial charge in [-0.3, -0.25) is 4.79 Å². The highest BCUT2D eigenvalue weighted by atomic mass is 32.2. The number of amides is 1. The van der Waals surface area contributed by atoms with E-state index in [1.165, 1.54) is 17.0 Å². The number of carbonyl (C=O) groups is 1. The second-order valence-corrected chi connectivity index (χ2v) is 7.30. The normalized spacial score (nSPS) is 10.6. The number of thioether (sulfide) groups is 1. The fourth-order valence-corrected chi connectivity index (χ4v) is 3.54. The Labute approximate surface area is 172 Å². The molecule has 0 radical (unpaired) electrons. The summed E-state index contributed by atoms with van der Waals surface area (Å²) in [5.74, 6) is -0.833. The zero-order valence-corrected chi connectivity index (χ0v) is 16.9. The molecular formula is C20H19FN6OS. The first-order valence-corrected chi connectivity index (χ1v) is 9.90. The van der Waals surface area contributed by atoms with E-state index < -0.39 is 5.82 Å². The first-order valence-electron chi connectivity index (χ1n) is 8.92. The third kappa shape index (κ3) is 4.78. The molecular weight excluding hydrogens is 391 g/mol. The van der Waals surface area contributed by atoms with Crippen molar-refractivity contribution in [2.24, 2.45) is 0 Å². The number of hydrogen-bond acceptors (Lipinski definition) is 6. The number of rotatable bonds is 7. The quantitative estimate of drug-likeness (QED) is 0.555. The van der Waals surface area contributed by atoms with Crippen molar-refractivity contribution in [1.29, 1.82) is 5.26 Å². The Bertz CT molecular complexity index is 1060. The van der Waals surface area contributed by atoms with E-state index >= 15 is 0 Å². The van der Waals surface area contributed by atoms with Crippen LogP contribution in [-0.2, 0) is 4.79 Å². The van der Waals surface area contributed by atoms with Crippen LogP contribution in [-0.4, -0.2) is 38.4 Å². The maximum atomic E-state index is 14.2. The lowest BCUT2D eigenvalue weighted by Gasteiger charge is -2.22. The summed E-state index contributed by atoms with van der Waals surface area (Å²) in [6, 6.07) is 14.0. The number of tetrazole rings is 1. The van der Waals surface area contributed by atoms with Crippen molar-refractivity contribution < 1.29 is 9.18 Å². The number of anilines is 1. The van der Waals surface area contributed by atoms with Crippen LogP contribution in [0.2, 0.25) is 0 Å². The summed E-state index contributed by atoms with van der Waals surface area (Å²) < 4.78 is 15.8. The fraction of sp³-hybridized carbons (Fsp3) is 0.250. The van der Waals surface area contributed by atoms with Gasteiger partial charge in [-0.15, -0.1) is 5.10 Å². The van der Waals surface area contributed by atoms with Gasteiger partial charge in [-0.2, -0.15) is 9.94 Å². The first kappa shape index (κ1) is 20.5. The number of nitrogens with zero attached hydrogens (tertiary/aromatic N) is 6. The summed E-state index contributed by atoms with van der Waals surface area (Å²) in [4.78, 5) is 14.1. The van der Waals surface area contributed by atoms with Gasteiger partial charge in [0.25, 0.3) is 0 Å². The molecule has 0 N–H and O–H groups in total. The Kier molecular flexibility index (Phi) is 6.57. The number of aryl methyl sites for hydroxylation is 2. The monoisotopic (exact) mass is 410 g/mol. The Morgan fingerprint density at radius 3 is 2.83 bits per heavy atom. The van der Waals surface area contributed by atoms with Crippen LogP contribution in [0.3, 0.4) is 0 Å². The Morgan fingerprint density at radius 1 is 1.28 bits per heavy atom. The van der Waals surface area contributed by atoms with Crippen LogP contribution in [0.4, 0.5) is 10.1 Å². The molecule has 1 amide bonds. The zero-order chi connectivity index (χ0) is 20.8. The van der Waals surface area contributed by atoms with Crippen LogP contribution >= 0.6 is 11.8 Å². The second kappa shape index (κ2) is 9.30. The van der Waals surface area contributed by atoms with Crippen LogP contribution in [0.15, 0.2) is 47.6 Å². The van der Waals surface area contributed by atoms with Crippen molar-refractivity contribution in [2.45, 2.75) is 25.4 Å². The Morgan fingerprint density at radius 2 is 2.07 bits per heavy atom. The van der Waals surface area contributed by atoms with Crippen molar-refractivity contribution in [1.82, 2.24) is 20.2 Å². The summed E-state index contributed by atoms with van der Waals surface area (Å²) in [5.41, 5.74) is 3.05. The molecule has 1 heterocycles. The molecule has 7 nitrogen and oxygen atoms in total. The van der Waals surface area contributed by atoms with Crippen LogP contribution in [0.1, 0.15) is 17.5 Å². The SMILES string of the molecule is Cc1ccc(C)c(-n2nnnc2SCC(=O)N(CCC#N)c2ccccc2F)c1. The summed E-state index contributed by atoms with van der Waals surface area (Å²) in [6.45, 7) is 4.04. The lowest BCUT2D eigenvalue weighted by molar-refractivity contribution is -0.116. The van der Waals surface area contributed by atoms with Gasteiger partial charge in [-0.1, -0.05) is 36.0 Å². The van der Waals surface area contributed by atoms with Gasteiger partial charge < -0.3 is 4.90 Å². The van der Waals surface area contributed by atoms with E-state index in [1.54, 1.807) is 16.8 Å². The molecule has 0 aliphatic heterocycles. The number of para-hydroxylation sites is 1. The highest BCUT2D eigenvalue weighted by molar-refractivity contribution is 7.99. The van der Waals surface area contributed by atoms with Crippen molar-refractivity contribution >= 4 is 23.4 Å². The van der Waals surface area contributed by atoms with E-state index in [2.05, 4.69) is 15.5 Å². The number of aromatic nitrogens is 4. The molecule has 29 heavy (non-hydrogen) atoms. The number of halogens is 1. The number of hydrogen-bond donors (Lipinski definition) is 0. The van der Waals surface area contributed by atoms with Gasteiger partial charge in [0.1, 0.15) is 5.82 Å². The minimum atomic E-state index is -0.510. The summed E-state index contributed by atoms with van der Waals surface area (Å²) in [5, 5.41) is 21.1. The van der Waals surface area contributed by atoms with E-state index in [0.717, 1.165) is 28.6 Å². The van der Waals surface area contributed by atoms with Gasteiger partial charge in [-0.25, -0.2) is 4.39 Å². The molecule has 0 bridgehead atoms. The van der Waals surface area contributed by atoms with Crippen molar-refractivity contribution in [2.75, 3.05) is 17.2 Å². The van der Waals surface area contributed by atoms with Gasteiger partial charge >= 0.3 is 0 Å². The molecule has 148 valence electrons. The molecule has 9 heteroatoms. The molecule has 3 aromatic rings. The van der Waals surface area contributed by atoms with Gasteiger partial charge in [-0.05, 0) is 53.6 Å². The highest BCUT2D eigenvalue weighted by Crippen LogP contribution is 2.24. The largest absolute Gasteiger partial charge is 0.308 e. The molecule has 0 unspecified atom stereocenters. The van der Waals surface area contributed by atoms with E-state index in [0.29, 0.717) is 5.16 Å². The van der Waals surface area contributed by atoms with E-state index in [9.17, 15) is 9.18 Å². The van der Waals surface area contributed by atoms with Crippen molar-refractivity contribution in [3.05, 3.63) is 59.4 Å².